The summed E-state index contributed by atoms with van der Waals surface area (Å²) in [4.78, 5) is 37.0. The lowest BCUT2D eigenvalue weighted by molar-refractivity contribution is -0.330. The highest BCUT2D eigenvalue weighted by atomic mass is 16.7. The number of cyclic esters (lactones) is 1. The van der Waals surface area contributed by atoms with Gasteiger partial charge in [-0.15, -0.1) is 0 Å². The molecule has 1 aliphatic rings. The molecule has 1 unspecified atom stereocenters. The quantitative estimate of drug-likeness (QED) is 0.0211. The molecule has 0 bridgehead atoms. The zero-order chi connectivity index (χ0) is 38.3. The van der Waals surface area contributed by atoms with Crippen LogP contribution in [-0.4, -0.2) is 56.5 Å². The molecule has 0 amide bonds. The first-order chi connectivity index (χ1) is 25.2. The van der Waals surface area contributed by atoms with Crippen molar-refractivity contribution in [3.05, 3.63) is 11.5 Å². The third kappa shape index (κ3) is 22.0. The fraction of sp³-hybridized carbons (Fsp3) is 0.881. The molecule has 4 N–H and O–H groups in total. The minimum atomic E-state index is -3.15. The van der Waals surface area contributed by atoms with E-state index in [2.05, 4.69) is 13.8 Å². The molecule has 10 heteroatoms. The van der Waals surface area contributed by atoms with Crippen molar-refractivity contribution < 1.29 is 49.0 Å². The van der Waals surface area contributed by atoms with E-state index in [1.54, 1.807) is 0 Å². The lowest BCUT2D eigenvalue weighted by Gasteiger charge is -2.34. The molecule has 1 heterocycles. The van der Waals surface area contributed by atoms with Crippen LogP contribution in [-0.2, 0) is 28.6 Å². The van der Waals surface area contributed by atoms with Gasteiger partial charge in [0.05, 0.1) is 0 Å². The minimum absolute atomic E-state index is 0.0456. The number of hydrogen-bond acceptors (Lipinski definition) is 10. The van der Waals surface area contributed by atoms with E-state index < -0.39 is 47.6 Å². The average Bonchev–Trinajstić information content (AvgIpc) is 3.38. The van der Waals surface area contributed by atoms with Gasteiger partial charge in [-0.05, 0) is 12.8 Å². The number of hydrogen-bond donors (Lipinski definition) is 4. The standard InChI is InChI=1S/C42H76O10/c1-3-5-7-9-11-13-15-17-19-21-23-25-27-29-31-33-35(43)50-41(48)42(49,39-37(45)38(46)40(47)51-39)52-36(44)34-32-30-28-26-24-22-20-18-16-14-12-10-8-6-4-2/h39,41,45-46,48-49H,3-34H2,1-2H3/t39-,41?,42-/m0/s1. The van der Waals surface area contributed by atoms with Gasteiger partial charge in [-0.1, -0.05) is 194 Å². The van der Waals surface area contributed by atoms with E-state index in [9.17, 15) is 34.8 Å². The zero-order valence-corrected chi connectivity index (χ0v) is 33.0. The van der Waals surface area contributed by atoms with Gasteiger partial charge in [-0.2, -0.15) is 0 Å². The van der Waals surface area contributed by atoms with Crippen LogP contribution in [0, 0.1) is 0 Å². The Labute approximate surface area is 315 Å². The molecule has 0 aromatic rings. The Bertz CT molecular complexity index is 966. The van der Waals surface area contributed by atoms with E-state index in [1.807, 2.05) is 0 Å². The largest absolute Gasteiger partial charge is 0.505 e. The van der Waals surface area contributed by atoms with E-state index in [1.165, 1.54) is 128 Å². The summed E-state index contributed by atoms with van der Waals surface area (Å²) in [5, 5.41) is 41.8. The molecule has 304 valence electrons. The van der Waals surface area contributed by atoms with Crippen molar-refractivity contribution in [2.75, 3.05) is 0 Å². The van der Waals surface area contributed by atoms with Crippen LogP contribution in [0.15, 0.2) is 11.5 Å². The van der Waals surface area contributed by atoms with Crippen molar-refractivity contribution in [2.24, 2.45) is 0 Å². The molecule has 0 aliphatic carbocycles. The Morgan fingerprint density at radius 1 is 0.577 bits per heavy atom. The van der Waals surface area contributed by atoms with Crippen LogP contribution < -0.4 is 0 Å². The number of esters is 3. The molecule has 3 atom stereocenters. The third-order valence-corrected chi connectivity index (χ3v) is 10.1. The summed E-state index contributed by atoms with van der Waals surface area (Å²) in [5.74, 6) is -8.65. The predicted octanol–water partition coefficient (Wildman–Crippen LogP) is 10.9. The number of carbonyl (C=O) groups excluding carboxylic acids is 3. The van der Waals surface area contributed by atoms with E-state index in [4.69, 9.17) is 14.2 Å². The molecule has 0 aromatic heterocycles. The van der Waals surface area contributed by atoms with Gasteiger partial charge in [0, 0.05) is 12.8 Å². The van der Waals surface area contributed by atoms with Crippen molar-refractivity contribution in [1.29, 1.82) is 0 Å². The zero-order valence-electron chi connectivity index (χ0n) is 33.0. The highest BCUT2D eigenvalue weighted by Crippen LogP contribution is 2.33. The molecule has 1 rings (SSSR count). The minimum Gasteiger partial charge on any atom is -0.505 e. The van der Waals surface area contributed by atoms with Gasteiger partial charge in [0.15, 0.2) is 5.76 Å². The lowest BCUT2D eigenvalue weighted by Crippen LogP contribution is -2.57. The summed E-state index contributed by atoms with van der Waals surface area (Å²) in [7, 11) is 0. The SMILES string of the molecule is CCCCCCCCCCCCCCCCCC(=O)OC(O)[C@@](O)(OC(=O)CCCCCCCCCCCCCCCCC)[C@H]1OC(=O)C(O)=C1O. The summed E-state index contributed by atoms with van der Waals surface area (Å²) < 4.78 is 14.9. The maximum Gasteiger partial charge on any atom is 0.378 e. The molecular weight excluding hydrogens is 664 g/mol. The Morgan fingerprint density at radius 3 is 1.19 bits per heavy atom. The van der Waals surface area contributed by atoms with Crippen LogP contribution in [0.2, 0.25) is 0 Å². The second kappa shape index (κ2) is 31.1. The molecule has 52 heavy (non-hydrogen) atoms. The summed E-state index contributed by atoms with van der Waals surface area (Å²) in [6.07, 6.45) is 30.2. The molecule has 1 aliphatic heterocycles. The van der Waals surface area contributed by atoms with Gasteiger partial charge >= 0.3 is 23.7 Å². The first-order valence-electron chi connectivity index (χ1n) is 21.3. The number of unbranched alkanes of at least 4 members (excludes halogenated alkanes) is 28. The maximum absolute atomic E-state index is 12.7. The Morgan fingerprint density at radius 2 is 0.885 bits per heavy atom. The van der Waals surface area contributed by atoms with E-state index in [0.29, 0.717) is 12.8 Å². The monoisotopic (exact) mass is 741 g/mol. The van der Waals surface area contributed by atoms with Crippen molar-refractivity contribution in [1.82, 2.24) is 0 Å². The first kappa shape index (κ1) is 47.7. The molecule has 0 fully saturated rings. The smallest absolute Gasteiger partial charge is 0.378 e. The summed E-state index contributed by atoms with van der Waals surface area (Å²) in [5.41, 5.74) is 0. The summed E-state index contributed by atoms with van der Waals surface area (Å²) >= 11 is 0. The number of ether oxygens (including phenoxy) is 3. The van der Waals surface area contributed by atoms with Crippen LogP contribution in [0.3, 0.4) is 0 Å². The number of carbonyl (C=O) groups is 3. The molecule has 0 saturated carbocycles. The molecular formula is C42H76O10. The number of aliphatic hydroxyl groups is 4. The molecule has 0 radical (unpaired) electrons. The molecule has 0 spiro atoms. The normalized spacial score (nSPS) is 16.2. The van der Waals surface area contributed by atoms with Crippen LogP contribution in [0.1, 0.15) is 219 Å². The number of aliphatic hydroxyl groups excluding tert-OH is 3. The second-order valence-corrected chi connectivity index (χ2v) is 15.0. The van der Waals surface area contributed by atoms with Gasteiger partial charge in [0.25, 0.3) is 6.29 Å². The number of rotatable bonds is 36. The van der Waals surface area contributed by atoms with E-state index in [0.717, 1.165) is 51.4 Å². The van der Waals surface area contributed by atoms with Gasteiger partial charge in [0.2, 0.25) is 11.9 Å². The summed E-state index contributed by atoms with van der Waals surface area (Å²) in [6.45, 7) is 4.48. The van der Waals surface area contributed by atoms with Crippen LogP contribution >= 0.6 is 0 Å². The first-order valence-corrected chi connectivity index (χ1v) is 21.3. The molecule has 0 aromatic carbocycles. The lowest BCUT2D eigenvalue weighted by atomic mass is 10.0. The van der Waals surface area contributed by atoms with Crippen LogP contribution in [0.5, 0.6) is 0 Å². The highest BCUT2D eigenvalue weighted by molar-refractivity contribution is 5.89. The summed E-state index contributed by atoms with van der Waals surface area (Å²) in [6, 6.07) is 0. The van der Waals surface area contributed by atoms with Crippen LogP contribution in [0.4, 0.5) is 0 Å². The maximum atomic E-state index is 12.7. The Hall–Kier alpha value is -2.33. The average molecular weight is 741 g/mol. The van der Waals surface area contributed by atoms with Gasteiger partial charge < -0.3 is 34.6 Å². The van der Waals surface area contributed by atoms with Crippen molar-refractivity contribution in [2.45, 2.75) is 237 Å². The van der Waals surface area contributed by atoms with Gasteiger partial charge in [0.1, 0.15) is 0 Å². The third-order valence-electron chi connectivity index (χ3n) is 10.1. The van der Waals surface area contributed by atoms with Crippen molar-refractivity contribution >= 4 is 17.9 Å². The fourth-order valence-electron chi connectivity index (χ4n) is 6.74. The highest BCUT2D eigenvalue weighted by Gasteiger charge is 2.58. The molecule has 0 saturated heterocycles. The van der Waals surface area contributed by atoms with Crippen molar-refractivity contribution in [3.63, 3.8) is 0 Å². The predicted molar refractivity (Wildman–Crippen MR) is 204 cm³/mol. The Kier molecular flexibility index (Phi) is 28.5. The Balaban J connectivity index is 2.31. The molecule has 10 nitrogen and oxygen atoms in total. The van der Waals surface area contributed by atoms with E-state index >= 15 is 0 Å². The van der Waals surface area contributed by atoms with Gasteiger partial charge in [-0.25, -0.2) is 4.79 Å². The second-order valence-electron chi connectivity index (χ2n) is 15.0. The van der Waals surface area contributed by atoms with Gasteiger partial charge in [-0.3, -0.25) is 9.59 Å². The van der Waals surface area contributed by atoms with E-state index in [-0.39, 0.29) is 12.8 Å². The fourth-order valence-corrected chi connectivity index (χ4v) is 6.74. The van der Waals surface area contributed by atoms with Crippen LogP contribution in [0.25, 0.3) is 0 Å². The topological polar surface area (TPSA) is 160 Å². The van der Waals surface area contributed by atoms with Crippen molar-refractivity contribution in [3.8, 4) is 0 Å².